The standard InChI is InChI=1S/C24H39N3O7SSi/c1-22(2,3)33-20(31)26(21(32)34-23(4,5)6)19-25-13-14(35-19)12-15-16(18(29)30)27(17(15)28)36(10,11)24(7,8)9/h13,15-16H,12H2,1-11H3,(H,29,30)/t15-,16+/m1/s1. The average Bonchev–Trinajstić information content (AvgIpc) is 3.07. The molecule has 2 heterocycles. The Morgan fingerprint density at radius 1 is 1.03 bits per heavy atom. The van der Waals surface area contributed by atoms with E-state index < -0.39 is 49.6 Å². The van der Waals surface area contributed by atoms with Crippen LogP contribution in [0.3, 0.4) is 0 Å². The number of hydrogen-bond donors (Lipinski definition) is 1. The lowest BCUT2D eigenvalue weighted by molar-refractivity contribution is -0.163. The molecule has 202 valence electrons. The van der Waals surface area contributed by atoms with Crippen molar-refractivity contribution < 1.29 is 33.8 Å². The van der Waals surface area contributed by atoms with Crippen LogP contribution >= 0.6 is 11.3 Å². The lowest BCUT2D eigenvalue weighted by Crippen LogP contribution is -2.75. The highest BCUT2D eigenvalue weighted by molar-refractivity contribution is 7.16. The monoisotopic (exact) mass is 541 g/mol. The first-order valence-corrected chi connectivity index (χ1v) is 15.6. The highest BCUT2D eigenvalue weighted by atomic mass is 32.1. The fourth-order valence-electron chi connectivity index (χ4n) is 3.57. The van der Waals surface area contributed by atoms with E-state index in [1.54, 1.807) is 46.1 Å². The maximum atomic E-state index is 13.2. The molecule has 1 aromatic heterocycles. The molecule has 0 aliphatic carbocycles. The summed E-state index contributed by atoms with van der Waals surface area (Å²) in [5.74, 6) is -1.99. The van der Waals surface area contributed by atoms with E-state index in [0.717, 1.165) is 16.2 Å². The van der Waals surface area contributed by atoms with Gasteiger partial charge in [-0.05, 0) is 53.0 Å². The van der Waals surface area contributed by atoms with Crippen LogP contribution in [0, 0.1) is 5.92 Å². The molecule has 0 spiro atoms. The number of aliphatic carboxylic acids is 1. The lowest BCUT2D eigenvalue weighted by atomic mass is 9.87. The molecule has 1 saturated heterocycles. The number of aromatic nitrogens is 1. The molecule has 1 fully saturated rings. The summed E-state index contributed by atoms with van der Waals surface area (Å²) in [6.07, 6.45) is -0.299. The predicted molar refractivity (Wildman–Crippen MR) is 140 cm³/mol. The van der Waals surface area contributed by atoms with Crippen LogP contribution in [0.2, 0.25) is 18.1 Å². The van der Waals surface area contributed by atoms with Gasteiger partial charge in [0.15, 0.2) is 8.24 Å². The van der Waals surface area contributed by atoms with Crippen LogP contribution in [0.1, 0.15) is 67.2 Å². The Kier molecular flexibility index (Phi) is 8.07. The molecule has 0 bridgehead atoms. The molecule has 0 saturated carbocycles. The summed E-state index contributed by atoms with van der Waals surface area (Å²) in [6.45, 7) is 20.1. The zero-order chi connectivity index (χ0) is 28.0. The molecule has 12 heteroatoms. The smallest absolute Gasteiger partial charge is 0.426 e. The van der Waals surface area contributed by atoms with Crippen LogP contribution in [0.5, 0.6) is 0 Å². The van der Waals surface area contributed by atoms with Gasteiger partial charge in [0, 0.05) is 11.1 Å². The molecule has 1 aliphatic heterocycles. The van der Waals surface area contributed by atoms with Gasteiger partial charge in [0.25, 0.3) is 0 Å². The molecule has 0 unspecified atom stereocenters. The molecular formula is C24H39N3O7SSi. The van der Waals surface area contributed by atoms with Gasteiger partial charge in [0.2, 0.25) is 11.0 Å². The summed E-state index contributed by atoms with van der Waals surface area (Å²) in [4.78, 5) is 56.6. The molecule has 10 nitrogen and oxygen atoms in total. The fourth-order valence-corrected chi connectivity index (χ4v) is 6.95. The second kappa shape index (κ2) is 9.77. The second-order valence-corrected chi connectivity index (χ2v) is 18.7. The van der Waals surface area contributed by atoms with Crippen molar-refractivity contribution in [2.75, 3.05) is 4.90 Å². The Balaban J connectivity index is 2.33. The maximum absolute atomic E-state index is 13.2. The third-order valence-corrected chi connectivity index (χ3v) is 12.6. The number of β-lactam (4-membered cyclic amide) rings is 1. The van der Waals surface area contributed by atoms with E-state index in [1.165, 1.54) is 6.20 Å². The van der Waals surface area contributed by atoms with Crippen LogP contribution in [-0.4, -0.2) is 64.2 Å². The number of nitrogens with zero attached hydrogens (tertiary/aromatic N) is 3. The number of anilines is 1. The largest absolute Gasteiger partial charge is 0.480 e. The van der Waals surface area contributed by atoms with E-state index in [1.807, 2.05) is 33.9 Å². The summed E-state index contributed by atoms with van der Waals surface area (Å²) in [6, 6.07) is -0.934. The zero-order valence-corrected chi connectivity index (χ0v) is 24.9. The van der Waals surface area contributed by atoms with Crippen LogP contribution < -0.4 is 4.90 Å². The van der Waals surface area contributed by atoms with Crippen molar-refractivity contribution in [3.63, 3.8) is 0 Å². The predicted octanol–water partition coefficient (Wildman–Crippen LogP) is 5.28. The number of imide groups is 1. The van der Waals surface area contributed by atoms with Crippen LogP contribution in [-0.2, 0) is 25.5 Å². The van der Waals surface area contributed by atoms with Crippen molar-refractivity contribution in [2.24, 2.45) is 5.92 Å². The fraction of sp³-hybridized carbons (Fsp3) is 0.708. The van der Waals surface area contributed by atoms with Gasteiger partial charge in [-0.25, -0.2) is 19.4 Å². The van der Waals surface area contributed by atoms with Crippen molar-refractivity contribution in [1.82, 2.24) is 9.55 Å². The van der Waals surface area contributed by atoms with Gasteiger partial charge in [0.1, 0.15) is 17.2 Å². The Labute approximate surface area is 218 Å². The van der Waals surface area contributed by atoms with E-state index in [-0.39, 0.29) is 22.5 Å². The topological polar surface area (TPSA) is 126 Å². The SMILES string of the molecule is CC(C)(C)OC(=O)N(C(=O)OC(C)(C)C)c1ncc(C[C@H]2C(=O)N([Si](C)(C)C(C)(C)C)[C@@H]2C(=O)O)s1. The number of carbonyl (C=O) groups is 4. The Morgan fingerprint density at radius 2 is 1.50 bits per heavy atom. The molecule has 1 aromatic rings. The minimum absolute atomic E-state index is 0.0217. The van der Waals surface area contributed by atoms with Gasteiger partial charge < -0.3 is 19.1 Å². The summed E-state index contributed by atoms with van der Waals surface area (Å²) in [5.41, 5.74) is -1.73. The third-order valence-electron chi connectivity index (χ3n) is 6.21. The summed E-state index contributed by atoms with van der Waals surface area (Å²) >= 11 is 1.02. The summed E-state index contributed by atoms with van der Waals surface area (Å²) < 4.78 is 12.3. The van der Waals surface area contributed by atoms with Gasteiger partial charge >= 0.3 is 18.2 Å². The molecule has 0 aromatic carbocycles. The molecule has 2 atom stereocenters. The van der Waals surface area contributed by atoms with E-state index in [4.69, 9.17) is 9.47 Å². The van der Waals surface area contributed by atoms with Gasteiger partial charge in [-0.1, -0.05) is 33.9 Å². The van der Waals surface area contributed by atoms with E-state index in [9.17, 15) is 24.3 Å². The number of hydrogen-bond acceptors (Lipinski definition) is 8. The summed E-state index contributed by atoms with van der Waals surface area (Å²) in [7, 11) is -2.40. The van der Waals surface area contributed by atoms with Crippen molar-refractivity contribution in [3.05, 3.63) is 11.1 Å². The lowest BCUT2D eigenvalue weighted by Gasteiger charge is -2.56. The van der Waals surface area contributed by atoms with E-state index >= 15 is 0 Å². The number of carboxylic acid groups (broad SMARTS) is 1. The maximum Gasteiger partial charge on any atom is 0.426 e. The van der Waals surface area contributed by atoms with Gasteiger partial charge in [-0.3, -0.25) is 4.79 Å². The Hall–Kier alpha value is -2.47. The Morgan fingerprint density at radius 3 is 1.89 bits per heavy atom. The highest BCUT2D eigenvalue weighted by Crippen LogP contribution is 2.46. The molecule has 2 rings (SSSR count). The number of rotatable bonds is 5. The van der Waals surface area contributed by atoms with Gasteiger partial charge in [0.05, 0.1) is 5.92 Å². The first-order chi connectivity index (χ1) is 16.1. The normalized spacial score (nSPS) is 19.0. The first kappa shape index (κ1) is 29.8. The molecule has 1 N–H and O–H groups in total. The first-order valence-electron chi connectivity index (χ1n) is 11.8. The van der Waals surface area contributed by atoms with Crippen molar-refractivity contribution in [2.45, 2.75) is 104 Å². The van der Waals surface area contributed by atoms with E-state index in [2.05, 4.69) is 4.98 Å². The quantitative estimate of drug-likeness (QED) is 0.394. The highest BCUT2D eigenvalue weighted by Gasteiger charge is 2.60. The molecule has 0 radical (unpaired) electrons. The van der Waals surface area contributed by atoms with E-state index in [0.29, 0.717) is 4.88 Å². The molecule has 3 amide bonds. The van der Waals surface area contributed by atoms with Crippen molar-refractivity contribution in [3.8, 4) is 0 Å². The average molecular weight is 542 g/mol. The Bertz CT molecular complexity index is 1010. The third kappa shape index (κ3) is 6.44. The molecule has 1 aliphatic rings. The number of thiazole rings is 1. The van der Waals surface area contributed by atoms with Crippen molar-refractivity contribution in [1.29, 1.82) is 0 Å². The number of carbonyl (C=O) groups excluding carboxylic acids is 3. The molecular weight excluding hydrogens is 502 g/mol. The number of carboxylic acids is 1. The minimum atomic E-state index is -2.40. The van der Waals surface area contributed by atoms with Gasteiger partial charge in [-0.15, -0.1) is 11.3 Å². The molecule has 36 heavy (non-hydrogen) atoms. The van der Waals surface area contributed by atoms with Crippen molar-refractivity contribution >= 4 is 48.8 Å². The number of amides is 3. The second-order valence-electron chi connectivity index (χ2n) is 12.5. The summed E-state index contributed by atoms with van der Waals surface area (Å²) in [5, 5.41) is 9.75. The van der Waals surface area contributed by atoms with Crippen LogP contribution in [0.4, 0.5) is 14.7 Å². The number of ether oxygens (including phenoxy) is 2. The zero-order valence-electron chi connectivity index (χ0n) is 23.1. The van der Waals surface area contributed by atoms with Crippen LogP contribution in [0.15, 0.2) is 6.20 Å². The van der Waals surface area contributed by atoms with Gasteiger partial charge in [-0.2, -0.15) is 4.90 Å². The van der Waals surface area contributed by atoms with Crippen LogP contribution in [0.25, 0.3) is 0 Å². The minimum Gasteiger partial charge on any atom is -0.480 e.